The van der Waals surface area contributed by atoms with Crippen LogP contribution in [0.4, 0.5) is 5.69 Å². The molecule has 0 saturated heterocycles. The van der Waals surface area contributed by atoms with Crippen molar-refractivity contribution in [1.29, 1.82) is 0 Å². The van der Waals surface area contributed by atoms with E-state index in [9.17, 15) is 8.42 Å². The summed E-state index contributed by atoms with van der Waals surface area (Å²) in [5.74, 6) is 1.67. The van der Waals surface area contributed by atoms with Gasteiger partial charge in [-0.15, -0.1) is 5.10 Å². The number of sulfonamides is 1. The number of rotatable bonds is 5. The van der Waals surface area contributed by atoms with Crippen LogP contribution in [0.15, 0.2) is 48.7 Å². The summed E-state index contributed by atoms with van der Waals surface area (Å²) >= 11 is 0. The first-order valence-electron chi connectivity index (χ1n) is 8.18. The minimum absolute atomic E-state index is 0.509. The van der Waals surface area contributed by atoms with Gasteiger partial charge < -0.3 is 0 Å². The smallest absolute Gasteiger partial charge is 0.232 e. The summed E-state index contributed by atoms with van der Waals surface area (Å²) in [5.41, 5.74) is 1.61. The maximum atomic E-state index is 12.5. The SMILES string of the molecule is Cc1ccnc(-n2nc(C)nc2[C@@H](C)N(c2ccccc2)S(C)(=O)=O)c1. The van der Waals surface area contributed by atoms with Crippen LogP contribution < -0.4 is 4.31 Å². The Morgan fingerprint density at radius 2 is 1.81 bits per heavy atom. The summed E-state index contributed by atoms with van der Waals surface area (Å²) in [7, 11) is -3.53. The normalized spacial score (nSPS) is 12.8. The first-order chi connectivity index (χ1) is 12.3. The van der Waals surface area contributed by atoms with Crippen LogP contribution in [0.2, 0.25) is 0 Å². The number of benzene rings is 1. The number of para-hydroxylation sites is 1. The van der Waals surface area contributed by atoms with Crippen LogP contribution in [0.1, 0.15) is 30.2 Å². The van der Waals surface area contributed by atoms with E-state index in [1.54, 1.807) is 49.0 Å². The summed E-state index contributed by atoms with van der Waals surface area (Å²) in [6, 6.07) is 12.2. The van der Waals surface area contributed by atoms with E-state index in [0.29, 0.717) is 23.2 Å². The lowest BCUT2D eigenvalue weighted by atomic mass is 10.2. The number of aryl methyl sites for hydroxylation is 2. The van der Waals surface area contributed by atoms with Gasteiger partial charge in [-0.2, -0.15) is 4.68 Å². The van der Waals surface area contributed by atoms with Crippen molar-refractivity contribution in [3.8, 4) is 5.82 Å². The lowest BCUT2D eigenvalue weighted by molar-refractivity contribution is 0.581. The number of aromatic nitrogens is 4. The van der Waals surface area contributed by atoms with Crippen molar-refractivity contribution >= 4 is 15.7 Å². The molecule has 0 aliphatic rings. The van der Waals surface area contributed by atoms with Crippen LogP contribution >= 0.6 is 0 Å². The molecule has 3 rings (SSSR count). The predicted octanol–water partition coefficient (Wildman–Crippen LogP) is 2.81. The van der Waals surface area contributed by atoms with Crippen molar-refractivity contribution in [2.75, 3.05) is 10.6 Å². The van der Waals surface area contributed by atoms with Crippen LogP contribution in [0.3, 0.4) is 0 Å². The molecule has 0 N–H and O–H groups in total. The third-order valence-corrected chi connectivity index (χ3v) is 5.19. The first kappa shape index (κ1) is 18.1. The number of hydrogen-bond acceptors (Lipinski definition) is 5. The molecule has 0 fully saturated rings. The van der Waals surface area contributed by atoms with E-state index in [-0.39, 0.29) is 0 Å². The molecule has 2 aromatic heterocycles. The second kappa shape index (κ2) is 6.87. The van der Waals surface area contributed by atoms with E-state index in [1.165, 1.54) is 10.6 Å². The van der Waals surface area contributed by atoms with Crippen molar-refractivity contribution < 1.29 is 8.42 Å². The Balaban J connectivity index is 2.13. The van der Waals surface area contributed by atoms with Crippen LogP contribution in [0.5, 0.6) is 0 Å². The topological polar surface area (TPSA) is 81.0 Å². The molecule has 136 valence electrons. The Bertz CT molecular complexity index is 1020. The Labute approximate surface area is 153 Å². The fourth-order valence-corrected chi connectivity index (χ4v) is 4.06. The van der Waals surface area contributed by atoms with Gasteiger partial charge >= 0.3 is 0 Å². The van der Waals surface area contributed by atoms with Gasteiger partial charge in [0.05, 0.1) is 11.9 Å². The van der Waals surface area contributed by atoms with Crippen molar-refractivity contribution in [2.45, 2.75) is 26.8 Å². The molecule has 0 saturated carbocycles. The van der Waals surface area contributed by atoms with Crippen LogP contribution in [-0.2, 0) is 10.0 Å². The third kappa shape index (κ3) is 3.60. The molecule has 0 aliphatic heterocycles. The van der Waals surface area contributed by atoms with Gasteiger partial charge in [0, 0.05) is 6.20 Å². The first-order valence-corrected chi connectivity index (χ1v) is 10.0. The van der Waals surface area contributed by atoms with Gasteiger partial charge in [0.15, 0.2) is 11.6 Å². The van der Waals surface area contributed by atoms with E-state index in [0.717, 1.165) is 5.56 Å². The van der Waals surface area contributed by atoms with Gasteiger partial charge in [0.1, 0.15) is 11.9 Å². The molecule has 0 aliphatic carbocycles. The second-order valence-electron chi connectivity index (χ2n) is 6.19. The molecule has 26 heavy (non-hydrogen) atoms. The summed E-state index contributed by atoms with van der Waals surface area (Å²) in [4.78, 5) is 8.84. The maximum Gasteiger partial charge on any atom is 0.232 e. The van der Waals surface area contributed by atoms with E-state index in [1.807, 2.05) is 25.1 Å². The Morgan fingerprint density at radius 3 is 2.42 bits per heavy atom. The van der Waals surface area contributed by atoms with E-state index in [4.69, 9.17) is 0 Å². The molecule has 0 radical (unpaired) electrons. The Hall–Kier alpha value is -2.74. The third-order valence-electron chi connectivity index (χ3n) is 3.95. The van der Waals surface area contributed by atoms with Crippen molar-refractivity contribution in [3.05, 3.63) is 65.9 Å². The van der Waals surface area contributed by atoms with Gasteiger partial charge in [-0.3, -0.25) is 4.31 Å². The molecule has 1 atom stereocenters. The summed E-state index contributed by atoms with van der Waals surface area (Å²) in [6.07, 6.45) is 2.89. The highest BCUT2D eigenvalue weighted by Gasteiger charge is 2.29. The lowest BCUT2D eigenvalue weighted by Crippen LogP contribution is -2.34. The molecule has 1 aromatic carbocycles. The fraction of sp³-hybridized carbons (Fsp3) is 0.278. The summed E-state index contributed by atoms with van der Waals surface area (Å²) < 4.78 is 28.0. The van der Waals surface area contributed by atoms with Crippen LogP contribution in [0, 0.1) is 13.8 Å². The zero-order valence-electron chi connectivity index (χ0n) is 15.2. The fourth-order valence-electron chi connectivity index (χ4n) is 2.89. The highest BCUT2D eigenvalue weighted by atomic mass is 32.2. The van der Waals surface area contributed by atoms with Gasteiger partial charge in [-0.1, -0.05) is 18.2 Å². The standard InChI is InChI=1S/C18H21N5O2S/c1-13-10-11-19-17(12-13)22-18(20-15(3)21-22)14(2)23(26(4,24)25)16-8-6-5-7-9-16/h5-12,14H,1-4H3/t14-/m1/s1. The number of anilines is 1. The quantitative estimate of drug-likeness (QED) is 0.689. The molecule has 2 heterocycles. The zero-order chi connectivity index (χ0) is 18.9. The number of nitrogens with zero attached hydrogens (tertiary/aromatic N) is 5. The van der Waals surface area contributed by atoms with Crippen molar-refractivity contribution in [2.24, 2.45) is 0 Å². The van der Waals surface area contributed by atoms with Crippen molar-refractivity contribution in [1.82, 2.24) is 19.7 Å². The predicted molar refractivity (Wildman–Crippen MR) is 101 cm³/mol. The monoisotopic (exact) mass is 371 g/mol. The van der Waals surface area contributed by atoms with Crippen LogP contribution in [0.25, 0.3) is 5.82 Å². The largest absolute Gasteiger partial charge is 0.260 e. The number of hydrogen-bond donors (Lipinski definition) is 0. The molecule has 0 amide bonds. The second-order valence-corrected chi connectivity index (χ2v) is 8.05. The van der Waals surface area contributed by atoms with Gasteiger partial charge in [0.25, 0.3) is 0 Å². The minimum atomic E-state index is -3.53. The molecule has 0 bridgehead atoms. The molecule has 7 nitrogen and oxygen atoms in total. The minimum Gasteiger partial charge on any atom is -0.260 e. The van der Waals surface area contributed by atoms with E-state index >= 15 is 0 Å². The molecule has 3 aromatic rings. The van der Waals surface area contributed by atoms with Crippen LogP contribution in [-0.4, -0.2) is 34.4 Å². The van der Waals surface area contributed by atoms with Gasteiger partial charge in [-0.05, 0) is 50.6 Å². The average Bonchev–Trinajstić information content (AvgIpc) is 2.97. The highest BCUT2D eigenvalue weighted by Crippen LogP contribution is 2.29. The van der Waals surface area contributed by atoms with E-state index < -0.39 is 16.1 Å². The molecule has 0 unspecified atom stereocenters. The zero-order valence-corrected chi connectivity index (χ0v) is 16.0. The molecule has 8 heteroatoms. The molecular formula is C18H21N5O2S. The molecular weight excluding hydrogens is 350 g/mol. The van der Waals surface area contributed by atoms with Crippen molar-refractivity contribution in [3.63, 3.8) is 0 Å². The Morgan fingerprint density at radius 1 is 1.12 bits per heavy atom. The summed E-state index contributed by atoms with van der Waals surface area (Å²) in [6.45, 7) is 5.53. The summed E-state index contributed by atoms with van der Waals surface area (Å²) in [5, 5.41) is 4.42. The average molecular weight is 371 g/mol. The van der Waals surface area contributed by atoms with Gasteiger partial charge in [0.2, 0.25) is 10.0 Å². The molecule has 0 spiro atoms. The number of pyridine rings is 1. The lowest BCUT2D eigenvalue weighted by Gasteiger charge is -2.28. The highest BCUT2D eigenvalue weighted by molar-refractivity contribution is 7.92. The van der Waals surface area contributed by atoms with E-state index in [2.05, 4.69) is 15.1 Å². The van der Waals surface area contributed by atoms with Gasteiger partial charge in [-0.25, -0.2) is 18.4 Å². The Kier molecular flexibility index (Phi) is 4.78. The maximum absolute atomic E-state index is 12.5.